The van der Waals surface area contributed by atoms with Gasteiger partial charge in [0.25, 0.3) is 0 Å². The second kappa shape index (κ2) is 6.99. The Balaban J connectivity index is 1.99. The minimum absolute atomic E-state index is 0.0902. The molecule has 1 N–H and O–H groups in total. The molecular formula is C17H18FNO2. The van der Waals surface area contributed by atoms with Crippen LogP contribution in [0.4, 0.5) is 4.39 Å². The molecule has 0 spiro atoms. The molecule has 1 unspecified atom stereocenters. The van der Waals surface area contributed by atoms with E-state index in [2.05, 4.69) is 5.32 Å². The number of nitrogens with one attached hydrogen (secondary N) is 1. The van der Waals surface area contributed by atoms with Gasteiger partial charge in [0.1, 0.15) is 5.82 Å². The van der Waals surface area contributed by atoms with Crippen molar-refractivity contribution in [1.82, 2.24) is 5.32 Å². The summed E-state index contributed by atoms with van der Waals surface area (Å²) < 4.78 is 17.6. The quantitative estimate of drug-likeness (QED) is 0.856. The second-order valence-corrected chi connectivity index (χ2v) is 4.85. The Bertz CT molecular complexity index is 610. The molecule has 0 radical (unpaired) electrons. The monoisotopic (exact) mass is 287 g/mol. The molecule has 0 aromatic heterocycles. The molecule has 110 valence electrons. The van der Waals surface area contributed by atoms with E-state index in [9.17, 15) is 9.18 Å². The van der Waals surface area contributed by atoms with Gasteiger partial charge in [-0.15, -0.1) is 0 Å². The van der Waals surface area contributed by atoms with Gasteiger partial charge in [0, 0.05) is 12.6 Å². The first-order valence-corrected chi connectivity index (χ1v) is 6.76. The summed E-state index contributed by atoms with van der Waals surface area (Å²) in [5, 5.41) is 3.34. The number of hydrogen-bond acceptors (Lipinski definition) is 3. The average molecular weight is 287 g/mol. The van der Waals surface area contributed by atoms with Crippen LogP contribution in [0.5, 0.6) is 0 Å². The largest absolute Gasteiger partial charge is 0.465 e. The van der Waals surface area contributed by atoms with Gasteiger partial charge in [0.2, 0.25) is 0 Å². The normalized spacial score (nSPS) is 12.0. The number of hydrogen-bond donors (Lipinski definition) is 1. The summed E-state index contributed by atoms with van der Waals surface area (Å²) in [4.78, 5) is 11.5. The van der Waals surface area contributed by atoms with Crippen molar-refractivity contribution in [2.75, 3.05) is 7.11 Å². The first-order chi connectivity index (χ1) is 10.1. The summed E-state index contributed by atoms with van der Waals surface area (Å²) in [6, 6.07) is 13.8. The topological polar surface area (TPSA) is 38.3 Å². The minimum Gasteiger partial charge on any atom is -0.465 e. The van der Waals surface area contributed by atoms with Crippen LogP contribution < -0.4 is 5.32 Å². The molecule has 21 heavy (non-hydrogen) atoms. The molecule has 2 aromatic carbocycles. The highest BCUT2D eigenvalue weighted by atomic mass is 19.1. The molecule has 0 fully saturated rings. The minimum atomic E-state index is -0.344. The molecule has 0 amide bonds. The molecule has 0 saturated heterocycles. The summed E-state index contributed by atoms with van der Waals surface area (Å²) in [6.07, 6.45) is 0. The van der Waals surface area contributed by atoms with Gasteiger partial charge >= 0.3 is 5.97 Å². The van der Waals surface area contributed by atoms with Crippen LogP contribution in [-0.2, 0) is 11.3 Å². The molecule has 2 aromatic rings. The number of benzene rings is 2. The van der Waals surface area contributed by atoms with E-state index >= 15 is 0 Å². The Kier molecular flexibility index (Phi) is 5.06. The lowest BCUT2D eigenvalue weighted by Crippen LogP contribution is -2.18. The van der Waals surface area contributed by atoms with Crippen molar-refractivity contribution in [3.63, 3.8) is 0 Å². The molecular weight excluding hydrogens is 269 g/mol. The highest BCUT2D eigenvalue weighted by molar-refractivity contribution is 5.89. The number of esters is 1. The van der Waals surface area contributed by atoms with Gasteiger partial charge in [0.15, 0.2) is 0 Å². The number of ether oxygens (including phenoxy) is 1. The van der Waals surface area contributed by atoms with Crippen molar-refractivity contribution >= 4 is 5.97 Å². The number of methoxy groups -OCH3 is 1. The smallest absolute Gasteiger partial charge is 0.337 e. The third-order valence-electron chi connectivity index (χ3n) is 3.33. The first kappa shape index (κ1) is 15.2. The fourth-order valence-corrected chi connectivity index (χ4v) is 2.07. The van der Waals surface area contributed by atoms with Crippen molar-refractivity contribution in [3.8, 4) is 0 Å². The molecule has 0 aliphatic carbocycles. The SMILES string of the molecule is COC(=O)c1cccc(CNC(C)c2ccc(F)cc2)c1. The molecule has 0 bridgehead atoms. The first-order valence-electron chi connectivity index (χ1n) is 6.76. The summed E-state index contributed by atoms with van der Waals surface area (Å²) in [5.41, 5.74) is 2.54. The highest BCUT2D eigenvalue weighted by Gasteiger charge is 2.08. The number of halogens is 1. The van der Waals surface area contributed by atoms with Gasteiger partial charge in [-0.25, -0.2) is 9.18 Å². The molecule has 0 aliphatic rings. The van der Waals surface area contributed by atoms with E-state index in [0.29, 0.717) is 12.1 Å². The average Bonchev–Trinajstić information content (AvgIpc) is 2.52. The molecule has 1 atom stereocenters. The van der Waals surface area contributed by atoms with Crippen LogP contribution in [0.15, 0.2) is 48.5 Å². The van der Waals surface area contributed by atoms with E-state index in [1.54, 1.807) is 24.3 Å². The predicted octanol–water partition coefficient (Wildman–Crippen LogP) is 3.46. The fourth-order valence-electron chi connectivity index (χ4n) is 2.07. The van der Waals surface area contributed by atoms with E-state index in [1.807, 2.05) is 19.1 Å². The molecule has 4 heteroatoms. The third-order valence-corrected chi connectivity index (χ3v) is 3.33. The summed E-state index contributed by atoms with van der Waals surface area (Å²) >= 11 is 0. The van der Waals surface area contributed by atoms with Crippen molar-refractivity contribution in [2.24, 2.45) is 0 Å². The number of carbonyl (C=O) groups excluding carboxylic acids is 1. The van der Waals surface area contributed by atoms with Crippen molar-refractivity contribution in [1.29, 1.82) is 0 Å². The van der Waals surface area contributed by atoms with Crippen LogP contribution in [0, 0.1) is 5.82 Å². The maximum atomic E-state index is 12.9. The third kappa shape index (κ3) is 4.13. The molecule has 0 saturated carbocycles. The Labute approximate surface area is 123 Å². The highest BCUT2D eigenvalue weighted by Crippen LogP contribution is 2.14. The maximum absolute atomic E-state index is 12.9. The second-order valence-electron chi connectivity index (χ2n) is 4.85. The lowest BCUT2D eigenvalue weighted by atomic mass is 10.1. The van der Waals surface area contributed by atoms with Crippen molar-refractivity contribution < 1.29 is 13.9 Å². The van der Waals surface area contributed by atoms with E-state index < -0.39 is 0 Å². The zero-order valence-corrected chi connectivity index (χ0v) is 12.1. The van der Waals surface area contributed by atoms with Crippen LogP contribution in [0.3, 0.4) is 0 Å². The lowest BCUT2D eigenvalue weighted by molar-refractivity contribution is 0.0600. The van der Waals surface area contributed by atoms with Crippen molar-refractivity contribution in [2.45, 2.75) is 19.5 Å². The van der Waals surface area contributed by atoms with Crippen LogP contribution in [-0.4, -0.2) is 13.1 Å². The van der Waals surface area contributed by atoms with Crippen LogP contribution >= 0.6 is 0 Å². The van der Waals surface area contributed by atoms with E-state index in [-0.39, 0.29) is 17.8 Å². The van der Waals surface area contributed by atoms with Crippen molar-refractivity contribution in [3.05, 3.63) is 71.0 Å². The van der Waals surface area contributed by atoms with E-state index in [4.69, 9.17) is 4.74 Å². The molecule has 0 heterocycles. The zero-order chi connectivity index (χ0) is 15.2. The van der Waals surface area contributed by atoms with Gasteiger partial charge in [0.05, 0.1) is 12.7 Å². The standard InChI is InChI=1S/C17H18FNO2/c1-12(14-6-8-16(18)9-7-14)19-11-13-4-3-5-15(10-13)17(20)21-2/h3-10,12,19H,11H2,1-2H3. The summed E-state index contributed by atoms with van der Waals surface area (Å²) in [7, 11) is 1.36. The van der Waals surface area contributed by atoms with Gasteiger partial charge in [-0.05, 0) is 42.3 Å². The Morgan fingerprint density at radius 1 is 1.24 bits per heavy atom. The van der Waals surface area contributed by atoms with E-state index in [1.165, 1.54) is 19.2 Å². The van der Waals surface area contributed by atoms with Crippen LogP contribution in [0.2, 0.25) is 0 Å². The van der Waals surface area contributed by atoms with Gasteiger partial charge in [-0.1, -0.05) is 24.3 Å². The number of carbonyl (C=O) groups is 1. The Morgan fingerprint density at radius 3 is 2.62 bits per heavy atom. The molecule has 0 aliphatic heterocycles. The Hall–Kier alpha value is -2.20. The van der Waals surface area contributed by atoms with E-state index in [0.717, 1.165) is 11.1 Å². The molecule has 3 nitrogen and oxygen atoms in total. The number of rotatable bonds is 5. The maximum Gasteiger partial charge on any atom is 0.337 e. The van der Waals surface area contributed by atoms with Gasteiger partial charge in [-0.3, -0.25) is 0 Å². The Morgan fingerprint density at radius 2 is 1.95 bits per heavy atom. The van der Waals surface area contributed by atoms with Crippen LogP contribution in [0.1, 0.15) is 34.5 Å². The van der Waals surface area contributed by atoms with Gasteiger partial charge in [-0.2, -0.15) is 0 Å². The van der Waals surface area contributed by atoms with Gasteiger partial charge < -0.3 is 10.1 Å². The summed E-state index contributed by atoms with van der Waals surface area (Å²) in [6.45, 7) is 2.63. The molecule has 2 rings (SSSR count). The predicted molar refractivity (Wildman–Crippen MR) is 79.4 cm³/mol. The van der Waals surface area contributed by atoms with Crippen LogP contribution in [0.25, 0.3) is 0 Å². The lowest BCUT2D eigenvalue weighted by Gasteiger charge is -2.14. The zero-order valence-electron chi connectivity index (χ0n) is 12.1. The fraction of sp³-hybridized carbons (Fsp3) is 0.235. The summed E-state index contributed by atoms with van der Waals surface area (Å²) in [5.74, 6) is -0.583.